The van der Waals surface area contributed by atoms with Gasteiger partial charge in [-0.15, -0.1) is 0 Å². The van der Waals surface area contributed by atoms with E-state index in [-0.39, 0.29) is 24.8 Å². The van der Waals surface area contributed by atoms with Crippen molar-refractivity contribution >= 4 is 61.1 Å². The topological polar surface area (TPSA) is 0 Å². The Morgan fingerprint density at radius 3 is 1.20 bits per heavy atom. The Labute approximate surface area is 365 Å². The number of fused-ring (bicyclic) bond motifs is 6. The number of allylic oxidation sites excluding steroid dienone is 2. The number of benzene rings is 9. The molecule has 0 heterocycles. The van der Waals surface area contributed by atoms with Crippen LogP contribution < -0.4 is 24.8 Å². The predicted octanol–water partition coefficient (Wildman–Crippen LogP) is 7.66. The molecule has 0 aromatic heterocycles. The molecule has 0 spiro atoms. The monoisotopic (exact) mass is 891 g/mol. The Morgan fingerprint density at radius 2 is 0.746 bits per heavy atom. The number of hydrogen-bond acceptors (Lipinski definition) is 0. The van der Waals surface area contributed by atoms with Crippen molar-refractivity contribution in [3.05, 3.63) is 238 Å². The van der Waals surface area contributed by atoms with E-state index in [9.17, 15) is 0 Å². The molecule has 0 N–H and O–H groups in total. The Kier molecular flexibility index (Phi) is 10.5. The molecular weight excluding hydrogens is 851 g/mol. The third-order valence-electron chi connectivity index (χ3n) is 13.3. The summed E-state index contributed by atoms with van der Waals surface area (Å²) in [5.41, 5.74) is 16.2. The van der Waals surface area contributed by atoms with Crippen LogP contribution in [-0.2, 0) is 23.0 Å². The summed E-state index contributed by atoms with van der Waals surface area (Å²) >= 11 is -3.56. The van der Waals surface area contributed by atoms with Gasteiger partial charge in [0.25, 0.3) is 0 Å². The van der Waals surface area contributed by atoms with Crippen molar-refractivity contribution in [1.29, 1.82) is 0 Å². The zero-order valence-electron chi connectivity index (χ0n) is 33.2. The van der Waals surface area contributed by atoms with Crippen LogP contribution in [0, 0.1) is 0 Å². The summed E-state index contributed by atoms with van der Waals surface area (Å²) in [6, 6.07) is 71.6. The van der Waals surface area contributed by atoms with Gasteiger partial charge in [0, 0.05) is 0 Å². The molecule has 2 unspecified atom stereocenters. The first-order valence-electron chi connectivity index (χ1n) is 20.3. The molecule has 0 saturated heterocycles. The first kappa shape index (κ1) is 39.6. The van der Waals surface area contributed by atoms with Crippen LogP contribution in [0.3, 0.4) is 0 Å². The van der Waals surface area contributed by atoms with Gasteiger partial charge < -0.3 is 24.8 Å². The molecule has 2 aliphatic rings. The van der Waals surface area contributed by atoms with Gasteiger partial charge in [-0.1, -0.05) is 0 Å². The summed E-state index contributed by atoms with van der Waals surface area (Å²) in [7, 11) is 0. The summed E-state index contributed by atoms with van der Waals surface area (Å²) in [5, 5.41) is 10.5. The van der Waals surface area contributed by atoms with E-state index in [2.05, 4.69) is 209 Å². The molecule has 2 aliphatic carbocycles. The van der Waals surface area contributed by atoms with E-state index in [1.54, 1.807) is 22.3 Å². The van der Waals surface area contributed by atoms with E-state index in [0.717, 1.165) is 0 Å². The molecular formula is C55H43Cl2SiZr. The minimum Gasteiger partial charge on any atom is -1.00 e. The second-order valence-electron chi connectivity index (χ2n) is 16.5. The normalized spacial score (nSPS) is 16.3. The van der Waals surface area contributed by atoms with Crippen molar-refractivity contribution < 1.29 is 43.7 Å². The van der Waals surface area contributed by atoms with E-state index in [0.29, 0.717) is 7.25 Å². The summed E-state index contributed by atoms with van der Waals surface area (Å²) in [6.45, 7) is 7.49. The molecule has 0 radical (unpaired) electrons. The Bertz CT molecular complexity index is 3040. The molecule has 11 rings (SSSR count). The molecule has 0 aliphatic heterocycles. The van der Waals surface area contributed by atoms with Gasteiger partial charge in [-0.3, -0.25) is 0 Å². The van der Waals surface area contributed by atoms with Gasteiger partial charge in [-0.2, -0.15) is 0 Å². The molecule has 0 fully saturated rings. The average molecular weight is 894 g/mol. The SMILES string of the molecule is CC1=C(c2cccc3cc4ccccc4cc23)c2ccccc2[CH]1[Zr+2](=[SiH2])([CH2]c1ccccc1)[CH]1C(C)=C(c2cccc3cc4ccccc4cc23)c2ccccc21.[Cl-].[Cl-]. The molecule has 285 valence electrons. The molecule has 0 saturated carbocycles. The van der Waals surface area contributed by atoms with Gasteiger partial charge in [0.15, 0.2) is 0 Å². The number of hydrogen-bond donors (Lipinski definition) is 0. The zero-order chi connectivity index (χ0) is 38.3. The van der Waals surface area contributed by atoms with Gasteiger partial charge in [-0.05, 0) is 0 Å². The average Bonchev–Trinajstić information content (AvgIpc) is 3.72. The molecule has 4 heteroatoms. The summed E-state index contributed by atoms with van der Waals surface area (Å²) in [4.78, 5) is 0. The van der Waals surface area contributed by atoms with Crippen molar-refractivity contribution in [2.24, 2.45) is 0 Å². The minimum absolute atomic E-state index is 0. The predicted molar refractivity (Wildman–Crippen MR) is 243 cm³/mol. The van der Waals surface area contributed by atoms with Crippen molar-refractivity contribution in [2.75, 3.05) is 0 Å². The van der Waals surface area contributed by atoms with Crippen LogP contribution in [0.4, 0.5) is 0 Å². The Balaban J connectivity index is 0.00000224. The van der Waals surface area contributed by atoms with Crippen molar-refractivity contribution in [3.63, 3.8) is 0 Å². The molecule has 9 aromatic carbocycles. The standard InChI is InChI=1S/2C24H17.C7H7.2ClH.H2Si.Zr/c2*1-16-13-19-9-4-5-11-21(19)24(16)22-12-6-10-20-14-17-7-2-3-8-18(17)15-23(20)22;1-7-5-3-2-4-6-7;;;;/h2*2-15H,1H3;2-6H,1H2;2*1H;1H2;/q;;;;;;+2/p-2. The molecule has 9 aromatic rings. The van der Waals surface area contributed by atoms with E-state index in [1.807, 2.05) is 0 Å². The number of rotatable bonds is 6. The minimum atomic E-state index is -3.56. The van der Waals surface area contributed by atoms with Crippen LogP contribution in [0.2, 0.25) is 0 Å². The van der Waals surface area contributed by atoms with Crippen LogP contribution in [0.25, 0.3) is 54.2 Å². The molecule has 2 atom stereocenters. The maximum absolute atomic E-state index is 3.56. The molecule has 0 amide bonds. The molecule has 0 nitrogen and oxygen atoms in total. The van der Waals surface area contributed by atoms with Gasteiger partial charge >= 0.3 is 343 Å². The van der Waals surface area contributed by atoms with E-state index < -0.39 is 18.9 Å². The summed E-state index contributed by atoms with van der Waals surface area (Å²) < 4.78 is 1.98. The van der Waals surface area contributed by atoms with E-state index in [1.165, 1.54) is 86.2 Å². The van der Waals surface area contributed by atoms with Crippen molar-refractivity contribution in [1.82, 2.24) is 0 Å². The summed E-state index contributed by atoms with van der Waals surface area (Å²) in [6.07, 6.45) is 0. The van der Waals surface area contributed by atoms with Gasteiger partial charge in [0.1, 0.15) is 0 Å². The smallest absolute Gasteiger partial charge is 1.00 e. The fraction of sp³-hybridized carbons (Fsp3) is 0.0909. The number of halogens is 2. The van der Waals surface area contributed by atoms with E-state index >= 15 is 0 Å². The quantitative estimate of drug-likeness (QED) is 0.119. The van der Waals surface area contributed by atoms with Crippen LogP contribution in [0.5, 0.6) is 0 Å². The van der Waals surface area contributed by atoms with Crippen LogP contribution in [0.1, 0.15) is 60.0 Å². The zero-order valence-corrected chi connectivity index (χ0v) is 38.6. The Morgan fingerprint density at radius 1 is 0.390 bits per heavy atom. The fourth-order valence-corrected chi connectivity index (χ4v) is 32.5. The van der Waals surface area contributed by atoms with Crippen LogP contribution >= 0.6 is 0 Å². The fourth-order valence-electron chi connectivity index (χ4n) is 11.0. The van der Waals surface area contributed by atoms with Crippen molar-refractivity contribution in [2.45, 2.75) is 25.2 Å². The summed E-state index contributed by atoms with van der Waals surface area (Å²) in [5.74, 6) is 0. The second kappa shape index (κ2) is 15.7. The first-order valence-corrected chi connectivity index (χ1v) is 30.8. The van der Waals surface area contributed by atoms with Crippen LogP contribution in [0.15, 0.2) is 199 Å². The molecule has 0 bridgehead atoms. The van der Waals surface area contributed by atoms with E-state index in [4.69, 9.17) is 0 Å². The Hall–Kier alpha value is -4.82. The van der Waals surface area contributed by atoms with Gasteiger partial charge in [0.2, 0.25) is 0 Å². The van der Waals surface area contributed by atoms with Gasteiger partial charge in [-0.25, -0.2) is 0 Å². The van der Waals surface area contributed by atoms with Gasteiger partial charge in [0.05, 0.1) is 0 Å². The molecule has 59 heavy (non-hydrogen) atoms. The third-order valence-corrected chi connectivity index (χ3v) is 31.5. The first-order chi connectivity index (χ1) is 28.0. The third kappa shape index (κ3) is 6.34. The van der Waals surface area contributed by atoms with Crippen LogP contribution in [-0.4, -0.2) is 6.88 Å². The maximum atomic E-state index is 2.50. The van der Waals surface area contributed by atoms with Crippen molar-refractivity contribution in [3.8, 4) is 0 Å². The largest absolute Gasteiger partial charge is 1.00 e. The maximum Gasteiger partial charge on any atom is -1.00 e. The second-order valence-corrected chi connectivity index (χ2v) is 34.1.